The van der Waals surface area contributed by atoms with E-state index in [0.717, 1.165) is 5.56 Å². The Morgan fingerprint density at radius 1 is 1.50 bits per heavy atom. The van der Waals surface area contributed by atoms with Crippen LogP contribution in [0, 0.1) is 6.92 Å². The van der Waals surface area contributed by atoms with Crippen molar-refractivity contribution in [1.82, 2.24) is 4.98 Å². The lowest BCUT2D eigenvalue weighted by Crippen LogP contribution is -2.12. The summed E-state index contributed by atoms with van der Waals surface area (Å²) in [5.74, 6) is -0.159. The highest BCUT2D eigenvalue weighted by Crippen LogP contribution is 2.20. The molecular weight excluding hydrogens is 244 g/mol. The predicted octanol–water partition coefficient (Wildman–Crippen LogP) is 3.36. The number of anilines is 1. The van der Waals surface area contributed by atoms with Gasteiger partial charge in [0.1, 0.15) is 0 Å². The number of hydrogen-bond donors (Lipinski definition) is 1. The molecule has 0 aromatic carbocycles. The molecule has 2 rings (SSSR count). The van der Waals surface area contributed by atoms with Crippen LogP contribution in [0.5, 0.6) is 0 Å². The highest BCUT2D eigenvalue weighted by atomic mass is 35.5. The van der Waals surface area contributed by atoms with Crippen molar-refractivity contribution in [2.45, 2.75) is 6.92 Å². The molecule has 2 aromatic rings. The summed E-state index contributed by atoms with van der Waals surface area (Å²) < 4.78 is 0. The largest absolute Gasteiger partial charge is 0.319 e. The first-order chi connectivity index (χ1) is 7.68. The van der Waals surface area contributed by atoms with E-state index < -0.39 is 0 Å². The molecule has 0 fully saturated rings. The van der Waals surface area contributed by atoms with Gasteiger partial charge < -0.3 is 5.32 Å². The molecule has 0 aliphatic carbocycles. The molecule has 0 saturated carbocycles. The maximum Gasteiger partial charge on any atom is 0.256 e. The zero-order chi connectivity index (χ0) is 11.5. The van der Waals surface area contributed by atoms with Gasteiger partial charge in [-0.2, -0.15) is 11.3 Å². The van der Waals surface area contributed by atoms with Gasteiger partial charge in [-0.25, -0.2) is 4.98 Å². The van der Waals surface area contributed by atoms with Crippen molar-refractivity contribution in [3.05, 3.63) is 45.4 Å². The number of rotatable bonds is 2. The normalized spacial score (nSPS) is 10.1. The second-order valence-corrected chi connectivity index (χ2v) is 4.37. The van der Waals surface area contributed by atoms with Gasteiger partial charge in [-0.15, -0.1) is 0 Å². The van der Waals surface area contributed by atoms with Gasteiger partial charge in [-0.05, 0) is 30.0 Å². The van der Waals surface area contributed by atoms with Gasteiger partial charge in [0.15, 0.2) is 5.15 Å². The topological polar surface area (TPSA) is 42.0 Å². The number of pyridine rings is 1. The molecule has 0 saturated heterocycles. The Bertz CT molecular complexity index is 524. The van der Waals surface area contributed by atoms with Gasteiger partial charge in [0, 0.05) is 11.6 Å². The van der Waals surface area contributed by atoms with E-state index in [2.05, 4.69) is 10.3 Å². The quantitative estimate of drug-likeness (QED) is 0.833. The van der Waals surface area contributed by atoms with E-state index in [1.807, 2.05) is 17.7 Å². The van der Waals surface area contributed by atoms with Gasteiger partial charge in [0.2, 0.25) is 0 Å². The van der Waals surface area contributed by atoms with Crippen LogP contribution in [0.25, 0.3) is 0 Å². The summed E-state index contributed by atoms with van der Waals surface area (Å²) in [7, 11) is 0. The van der Waals surface area contributed by atoms with Crippen molar-refractivity contribution < 1.29 is 4.79 Å². The molecule has 16 heavy (non-hydrogen) atoms. The van der Waals surface area contributed by atoms with Crippen molar-refractivity contribution in [3.8, 4) is 0 Å². The van der Waals surface area contributed by atoms with Crippen LogP contribution in [0.4, 0.5) is 5.69 Å². The summed E-state index contributed by atoms with van der Waals surface area (Å²) in [6.07, 6.45) is 1.58. The van der Waals surface area contributed by atoms with Crippen LogP contribution in [0.3, 0.4) is 0 Å². The summed E-state index contributed by atoms with van der Waals surface area (Å²) in [6.45, 7) is 1.90. The molecule has 5 heteroatoms. The fourth-order valence-electron chi connectivity index (χ4n) is 1.26. The third-order valence-corrected chi connectivity index (χ3v) is 3.27. The maximum atomic E-state index is 11.9. The van der Waals surface area contributed by atoms with Gasteiger partial charge >= 0.3 is 0 Å². The number of aryl methyl sites for hydroxylation is 1. The van der Waals surface area contributed by atoms with E-state index in [9.17, 15) is 4.79 Å². The Labute approximate surface area is 102 Å². The van der Waals surface area contributed by atoms with Crippen LogP contribution >= 0.6 is 22.9 Å². The standard InChI is InChI=1S/C11H9ClN2OS/c1-7-5-16-6-8(7)11(15)14-9-3-2-4-13-10(9)12/h2-6H,1H3,(H,14,15). The lowest BCUT2D eigenvalue weighted by atomic mass is 10.2. The number of thiophene rings is 1. The third-order valence-electron chi connectivity index (χ3n) is 2.11. The first-order valence-corrected chi connectivity index (χ1v) is 5.95. The number of nitrogens with one attached hydrogen (secondary N) is 1. The van der Waals surface area contributed by atoms with Crippen molar-refractivity contribution in [3.63, 3.8) is 0 Å². The molecule has 0 aliphatic rings. The average Bonchev–Trinajstić information content (AvgIpc) is 2.68. The minimum Gasteiger partial charge on any atom is -0.319 e. The molecule has 3 nitrogen and oxygen atoms in total. The average molecular weight is 253 g/mol. The summed E-state index contributed by atoms with van der Waals surface area (Å²) in [5.41, 5.74) is 2.16. The Morgan fingerprint density at radius 3 is 2.94 bits per heavy atom. The van der Waals surface area contributed by atoms with E-state index in [0.29, 0.717) is 16.4 Å². The van der Waals surface area contributed by atoms with Gasteiger partial charge in [0.05, 0.1) is 11.3 Å². The van der Waals surface area contributed by atoms with E-state index in [4.69, 9.17) is 11.6 Å². The SMILES string of the molecule is Cc1cscc1C(=O)Nc1cccnc1Cl. The van der Waals surface area contributed by atoms with Crippen LogP contribution in [0.15, 0.2) is 29.1 Å². The second kappa shape index (κ2) is 4.63. The van der Waals surface area contributed by atoms with Crippen LogP contribution in [-0.4, -0.2) is 10.9 Å². The zero-order valence-corrected chi connectivity index (χ0v) is 10.1. The van der Waals surface area contributed by atoms with Crippen molar-refractivity contribution in [2.75, 3.05) is 5.32 Å². The third kappa shape index (κ3) is 2.23. The highest BCUT2D eigenvalue weighted by Gasteiger charge is 2.11. The number of halogens is 1. The van der Waals surface area contributed by atoms with Crippen LogP contribution in [-0.2, 0) is 0 Å². The first-order valence-electron chi connectivity index (χ1n) is 4.63. The molecule has 2 heterocycles. The molecule has 1 amide bonds. The Hall–Kier alpha value is -1.39. The minimum atomic E-state index is -0.159. The van der Waals surface area contributed by atoms with Gasteiger partial charge in [0.25, 0.3) is 5.91 Å². The zero-order valence-electron chi connectivity index (χ0n) is 8.53. The number of hydrogen-bond acceptors (Lipinski definition) is 3. The number of carbonyl (C=O) groups is 1. The number of nitrogens with zero attached hydrogens (tertiary/aromatic N) is 1. The van der Waals surface area contributed by atoms with E-state index in [-0.39, 0.29) is 5.91 Å². The van der Waals surface area contributed by atoms with E-state index >= 15 is 0 Å². The molecule has 1 N–H and O–H groups in total. The Balaban J connectivity index is 2.21. The van der Waals surface area contributed by atoms with Gasteiger partial charge in [-0.1, -0.05) is 11.6 Å². The van der Waals surface area contributed by atoms with E-state index in [1.54, 1.807) is 18.3 Å². The fraction of sp³-hybridized carbons (Fsp3) is 0.0909. The molecule has 0 bridgehead atoms. The summed E-state index contributed by atoms with van der Waals surface area (Å²) in [5, 5.41) is 6.77. The minimum absolute atomic E-state index is 0.159. The molecule has 0 spiro atoms. The van der Waals surface area contributed by atoms with Crippen molar-refractivity contribution in [1.29, 1.82) is 0 Å². The molecule has 0 radical (unpaired) electrons. The summed E-state index contributed by atoms with van der Waals surface area (Å²) in [4.78, 5) is 15.7. The summed E-state index contributed by atoms with van der Waals surface area (Å²) in [6, 6.07) is 3.44. The molecule has 82 valence electrons. The number of carbonyl (C=O) groups excluding carboxylic acids is 1. The lowest BCUT2D eigenvalue weighted by molar-refractivity contribution is 0.102. The highest BCUT2D eigenvalue weighted by molar-refractivity contribution is 7.08. The van der Waals surface area contributed by atoms with E-state index in [1.165, 1.54) is 11.3 Å². The molecule has 2 aromatic heterocycles. The second-order valence-electron chi connectivity index (χ2n) is 3.26. The first kappa shape index (κ1) is 11.1. The lowest BCUT2D eigenvalue weighted by Gasteiger charge is -2.05. The molecule has 0 atom stereocenters. The molecule has 0 unspecified atom stereocenters. The predicted molar refractivity (Wildman–Crippen MR) is 66.3 cm³/mol. The van der Waals surface area contributed by atoms with Crippen molar-refractivity contribution in [2.24, 2.45) is 0 Å². The number of aromatic nitrogens is 1. The fourth-order valence-corrected chi connectivity index (χ4v) is 2.26. The number of amides is 1. The van der Waals surface area contributed by atoms with Gasteiger partial charge in [-0.3, -0.25) is 4.79 Å². The molecule has 0 aliphatic heterocycles. The summed E-state index contributed by atoms with van der Waals surface area (Å²) >= 11 is 7.35. The maximum absolute atomic E-state index is 11.9. The van der Waals surface area contributed by atoms with Crippen LogP contribution < -0.4 is 5.32 Å². The van der Waals surface area contributed by atoms with Crippen LogP contribution in [0.2, 0.25) is 5.15 Å². The smallest absolute Gasteiger partial charge is 0.256 e. The monoisotopic (exact) mass is 252 g/mol. The van der Waals surface area contributed by atoms with Crippen LogP contribution in [0.1, 0.15) is 15.9 Å². The Morgan fingerprint density at radius 2 is 2.31 bits per heavy atom. The molecular formula is C11H9ClN2OS. The Kier molecular flexibility index (Phi) is 3.22. The van der Waals surface area contributed by atoms with Crippen molar-refractivity contribution >= 4 is 34.5 Å².